The van der Waals surface area contributed by atoms with E-state index in [4.69, 9.17) is 0 Å². The molecule has 0 saturated carbocycles. The van der Waals surface area contributed by atoms with Gasteiger partial charge in [-0.3, -0.25) is 14.2 Å². The molecule has 0 fully saturated rings. The molecule has 0 saturated heterocycles. The summed E-state index contributed by atoms with van der Waals surface area (Å²) in [4.78, 5) is 30.2. The zero-order valence-corrected chi connectivity index (χ0v) is 16.0. The fraction of sp³-hybridized carbons (Fsp3) is 0.211. The second kappa shape index (κ2) is 8.33. The largest absolute Gasteiger partial charge is 0.356 e. The number of thioether (sulfide) groups is 1. The van der Waals surface area contributed by atoms with Crippen LogP contribution in [0, 0.1) is 0 Å². The van der Waals surface area contributed by atoms with Crippen molar-refractivity contribution >= 4 is 39.2 Å². The van der Waals surface area contributed by atoms with Crippen molar-refractivity contribution in [1.82, 2.24) is 14.9 Å². The summed E-state index contributed by atoms with van der Waals surface area (Å²) in [6.07, 6.45) is 1.67. The first-order chi connectivity index (χ1) is 12.7. The van der Waals surface area contributed by atoms with E-state index in [1.165, 1.54) is 23.1 Å². The van der Waals surface area contributed by atoms with Crippen molar-refractivity contribution in [3.05, 3.63) is 58.7 Å². The predicted molar refractivity (Wildman–Crippen MR) is 109 cm³/mol. The van der Waals surface area contributed by atoms with E-state index in [1.807, 2.05) is 42.6 Å². The number of aromatic nitrogens is 2. The molecular weight excluding hydrogens is 366 g/mol. The summed E-state index contributed by atoms with van der Waals surface area (Å²) in [6, 6.07) is 9.81. The summed E-state index contributed by atoms with van der Waals surface area (Å²) in [5.74, 6) is 0.146. The first-order valence-electron chi connectivity index (χ1n) is 8.23. The fourth-order valence-corrected chi connectivity index (χ4v) is 4.44. The average molecular weight is 386 g/mol. The van der Waals surface area contributed by atoms with Crippen LogP contribution in [-0.2, 0) is 11.3 Å². The van der Waals surface area contributed by atoms with Crippen LogP contribution in [0.4, 0.5) is 0 Å². The van der Waals surface area contributed by atoms with Gasteiger partial charge in [0.2, 0.25) is 5.91 Å². The monoisotopic (exact) mass is 385 g/mol. The van der Waals surface area contributed by atoms with Gasteiger partial charge in [0.1, 0.15) is 4.83 Å². The van der Waals surface area contributed by atoms with E-state index in [1.54, 1.807) is 10.6 Å². The molecule has 1 aromatic carbocycles. The van der Waals surface area contributed by atoms with Gasteiger partial charge in [-0.25, -0.2) is 4.98 Å². The highest BCUT2D eigenvalue weighted by molar-refractivity contribution is 7.99. The van der Waals surface area contributed by atoms with Gasteiger partial charge in [0, 0.05) is 24.0 Å². The van der Waals surface area contributed by atoms with Crippen molar-refractivity contribution in [1.29, 1.82) is 0 Å². The van der Waals surface area contributed by atoms with E-state index in [9.17, 15) is 9.59 Å². The Morgan fingerprint density at radius 2 is 2.15 bits per heavy atom. The molecule has 0 radical (unpaired) electrons. The molecule has 0 aliphatic heterocycles. The van der Waals surface area contributed by atoms with Crippen LogP contribution in [0.15, 0.2) is 58.3 Å². The average Bonchev–Trinajstić information content (AvgIpc) is 3.08. The van der Waals surface area contributed by atoms with Crippen molar-refractivity contribution in [3.8, 4) is 11.1 Å². The van der Waals surface area contributed by atoms with Gasteiger partial charge in [-0.1, -0.05) is 48.2 Å². The van der Waals surface area contributed by atoms with Crippen LogP contribution in [0.3, 0.4) is 0 Å². The first kappa shape index (κ1) is 18.4. The molecule has 26 heavy (non-hydrogen) atoms. The molecule has 2 heterocycles. The number of hydrogen-bond donors (Lipinski definition) is 1. The number of thiophene rings is 1. The molecule has 0 atom stereocenters. The molecule has 0 bridgehead atoms. The van der Waals surface area contributed by atoms with Crippen molar-refractivity contribution in [3.63, 3.8) is 0 Å². The van der Waals surface area contributed by atoms with Gasteiger partial charge in [-0.15, -0.1) is 17.9 Å². The molecule has 0 aliphatic rings. The number of nitrogens with zero attached hydrogens (tertiary/aromatic N) is 2. The van der Waals surface area contributed by atoms with Crippen molar-refractivity contribution in [2.45, 2.75) is 18.6 Å². The molecule has 2 aromatic heterocycles. The minimum atomic E-state index is -0.103. The third kappa shape index (κ3) is 3.73. The number of nitrogens with one attached hydrogen (secondary N) is 1. The highest BCUT2D eigenvalue weighted by atomic mass is 32.2. The Kier molecular flexibility index (Phi) is 5.90. The smallest absolute Gasteiger partial charge is 0.263 e. The maximum Gasteiger partial charge on any atom is 0.263 e. The van der Waals surface area contributed by atoms with Gasteiger partial charge in [0.25, 0.3) is 5.56 Å². The Hall–Kier alpha value is -2.38. The molecule has 7 heteroatoms. The van der Waals surface area contributed by atoms with Gasteiger partial charge in [0.15, 0.2) is 5.16 Å². The van der Waals surface area contributed by atoms with Crippen molar-refractivity contribution < 1.29 is 4.79 Å². The van der Waals surface area contributed by atoms with E-state index in [2.05, 4.69) is 16.9 Å². The molecule has 0 spiro atoms. The standard InChI is InChI=1S/C19H19N3O2S2/c1-3-10-22-18(24)16-14(13-8-6-5-7-9-13)11-25-17(16)21-19(22)26-12-15(23)20-4-2/h3,5-9,11H,1,4,10,12H2,2H3,(H,20,23). The molecule has 3 rings (SSSR count). The van der Waals surface area contributed by atoms with Crippen LogP contribution in [0.2, 0.25) is 0 Å². The summed E-state index contributed by atoms with van der Waals surface area (Å²) in [6.45, 7) is 6.54. The van der Waals surface area contributed by atoms with E-state index in [-0.39, 0.29) is 17.2 Å². The molecule has 5 nitrogen and oxygen atoms in total. The van der Waals surface area contributed by atoms with Gasteiger partial charge in [0.05, 0.1) is 11.1 Å². The molecule has 3 aromatic rings. The zero-order valence-electron chi connectivity index (χ0n) is 14.4. The third-order valence-electron chi connectivity index (χ3n) is 3.76. The lowest BCUT2D eigenvalue weighted by molar-refractivity contribution is -0.118. The Morgan fingerprint density at radius 1 is 1.38 bits per heavy atom. The molecule has 1 amide bonds. The van der Waals surface area contributed by atoms with Crippen LogP contribution < -0.4 is 10.9 Å². The van der Waals surface area contributed by atoms with E-state index in [0.29, 0.717) is 28.5 Å². The van der Waals surface area contributed by atoms with Crippen LogP contribution in [0.5, 0.6) is 0 Å². The Bertz CT molecular complexity index is 993. The zero-order chi connectivity index (χ0) is 18.5. The molecule has 1 N–H and O–H groups in total. The molecule has 0 aliphatic carbocycles. The number of carbonyl (C=O) groups excluding carboxylic acids is 1. The molecular formula is C19H19N3O2S2. The van der Waals surface area contributed by atoms with Crippen LogP contribution in [0.1, 0.15) is 6.92 Å². The summed E-state index contributed by atoms with van der Waals surface area (Å²) in [5.41, 5.74) is 1.78. The number of fused-ring (bicyclic) bond motifs is 1. The lowest BCUT2D eigenvalue weighted by atomic mass is 10.1. The van der Waals surface area contributed by atoms with Crippen LogP contribution in [-0.4, -0.2) is 27.8 Å². The van der Waals surface area contributed by atoms with Gasteiger partial charge >= 0.3 is 0 Å². The lowest BCUT2D eigenvalue weighted by Gasteiger charge is -2.10. The van der Waals surface area contributed by atoms with Gasteiger partial charge < -0.3 is 5.32 Å². The number of amides is 1. The normalized spacial score (nSPS) is 10.8. The number of hydrogen-bond acceptors (Lipinski definition) is 5. The van der Waals surface area contributed by atoms with E-state index < -0.39 is 0 Å². The van der Waals surface area contributed by atoms with Gasteiger partial charge in [-0.05, 0) is 12.5 Å². The summed E-state index contributed by atoms with van der Waals surface area (Å²) in [5, 5.41) is 5.87. The molecule has 134 valence electrons. The summed E-state index contributed by atoms with van der Waals surface area (Å²) in [7, 11) is 0. The minimum absolute atomic E-state index is 0.0758. The molecule has 0 unspecified atom stereocenters. The fourth-order valence-electron chi connectivity index (χ4n) is 2.61. The number of allylic oxidation sites excluding steroid dienone is 1. The highest BCUT2D eigenvalue weighted by Gasteiger charge is 2.17. The maximum atomic E-state index is 13.1. The van der Waals surface area contributed by atoms with Crippen LogP contribution in [0.25, 0.3) is 21.3 Å². The van der Waals surface area contributed by atoms with E-state index in [0.717, 1.165) is 11.1 Å². The maximum absolute atomic E-state index is 13.1. The lowest BCUT2D eigenvalue weighted by Crippen LogP contribution is -2.26. The van der Waals surface area contributed by atoms with Crippen molar-refractivity contribution in [2.24, 2.45) is 0 Å². The SMILES string of the molecule is C=CCn1c(SCC(=O)NCC)nc2scc(-c3ccccc3)c2c1=O. The quantitative estimate of drug-likeness (QED) is 0.384. The third-order valence-corrected chi connectivity index (χ3v) is 5.61. The van der Waals surface area contributed by atoms with Crippen LogP contribution >= 0.6 is 23.1 Å². The summed E-state index contributed by atoms with van der Waals surface area (Å²) < 4.78 is 1.58. The van der Waals surface area contributed by atoms with Gasteiger partial charge in [-0.2, -0.15) is 0 Å². The predicted octanol–water partition coefficient (Wildman–Crippen LogP) is 3.54. The topological polar surface area (TPSA) is 64.0 Å². The number of benzene rings is 1. The van der Waals surface area contributed by atoms with E-state index >= 15 is 0 Å². The minimum Gasteiger partial charge on any atom is -0.356 e. The number of rotatable bonds is 7. The van der Waals surface area contributed by atoms with Crippen molar-refractivity contribution in [2.75, 3.05) is 12.3 Å². The highest BCUT2D eigenvalue weighted by Crippen LogP contribution is 2.32. The second-order valence-corrected chi connectivity index (χ2v) is 7.34. The summed E-state index contributed by atoms with van der Waals surface area (Å²) >= 11 is 2.71. The Morgan fingerprint density at radius 3 is 2.85 bits per heavy atom. The second-order valence-electron chi connectivity index (χ2n) is 5.54. The first-order valence-corrected chi connectivity index (χ1v) is 10.1. The number of carbonyl (C=O) groups is 1. The Balaban J connectivity index is 2.08. The Labute approximate surface area is 159 Å².